The zero-order valence-corrected chi connectivity index (χ0v) is 6.08. The fourth-order valence-corrected chi connectivity index (χ4v) is 1.33. The summed E-state index contributed by atoms with van der Waals surface area (Å²) in [6.45, 7) is 0. The molecule has 0 atom stereocenters. The molecule has 0 unspecified atom stereocenters. The Balaban J connectivity index is 2.66. The Bertz CT molecular complexity index is 237. The van der Waals surface area contributed by atoms with Crippen LogP contribution >= 0.6 is 7.60 Å². The van der Waals surface area contributed by atoms with E-state index in [-0.39, 0.29) is 6.16 Å². The number of H-pyrrole nitrogens is 1. The Morgan fingerprint density at radius 3 is 2.70 bits per heavy atom. The van der Waals surface area contributed by atoms with Crippen molar-refractivity contribution in [3.63, 3.8) is 0 Å². The van der Waals surface area contributed by atoms with Crippen molar-refractivity contribution in [1.29, 1.82) is 0 Å². The van der Waals surface area contributed by atoms with Gasteiger partial charge in [0, 0.05) is 11.9 Å². The number of aromatic amines is 1. The van der Waals surface area contributed by atoms with Crippen LogP contribution in [0.2, 0.25) is 0 Å². The van der Waals surface area contributed by atoms with E-state index in [4.69, 9.17) is 9.79 Å². The number of hydrogen-bond acceptors (Lipinski definition) is 1. The SMILES string of the molecule is O=P(O)(O)Cc1ccc[nH]1. The van der Waals surface area contributed by atoms with Crippen molar-refractivity contribution in [1.82, 2.24) is 4.98 Å². The number of rotatable bonds is 2. The van der Waals surface area contributed by atoms with Crippen LogP contribution in [0.3, 0.4) is 0 Å². The molecule has 0 saturated carbocycles. The Kier molecular flexibility index (Phi) is 1.94. The zero-order chi connectivity index (χ0) is 7.61. The Morgan fingerprint density at radius 1 is 1.60 bits per heavy atom. The first-order valence-electron chi connectivity index (χ1n) is 2.75. The van der Waals surface area contributed by atoms with Crippen LogP contribution in [0.4, 0.5) is 0 Å². The average Bonchev–Trinajstić information content (AvgIpc) is 2.12. The van der Waals surface area contributed by atoms with E-state index in [1.807, 2.05) is 0 Å². The largest absolute Gasteiger partial charge is 0.364 e. The van der Waals surface area contributed by atoms with Gasteiger partial charge in [-0.25, -0.2) is 0 Å². The molecule has 3 N–H and O–H groups in total. The molecule has 0 aliphatic carbocycles. The molecule has 0 aliphatic heterocycles. The molecule has 0 fully saturated rings. The predicted molar refractivity (Wildman–Crippen MR) is 36.5 cm³/mol. The van der Waals surface area contributed by atoms with E-state index >= 15 is 0 Å². The zero-order valence-electron chi connectivity index (χ0n) is 5.19. The van der Waals surface area contributed by atoms with Gasteiger partial charge in [0.25, 0.3) is 0 Å². The lowest BCUT2D eigenvalue weighted by molar-refractivity contribution is 0.371. The molecule has 0 aliphatic rings. The summed E-state index contributed by atoms with van der Waals surface area (Å²) in [6.07, 6.45) is 1.42. The molecule has 10 heavy (non-hydrogen) atoms. The molecular formula is C5H8NO3P. The quantitative estimate of drug-likeness (QED) is 0.558. The van der Waals surface area contributed by atoms with Gasteiger partial charge in [-0.15, -0.1) is 0 Å². The van der Waals surface area contributed by atoms with E-state index in [1.165, 1.54) is 0 Å². The van der Waals surface area contributed by atoms with Crippen molar-refractivity contribution < 1.29 is 14.4 Å². The van der Waals surface area contributed by atoms with E-state index < -0.39 is 7.60 Å². The maximum Gasteiger partial charge on any atom is 0.331 e. The molecule has 0 bridgehead atoms. The summed E-state index contributed by atoms with van der Waals surface area (Å²) in [7, 11) is -3.89. The van der Waals surface area contributed by atoms with Crippen LogP contribution in [-0.4, -0.2) is 14.8 Å². The molecule has 0 saturated heterocycles. The second-order valence-electron chi connectivity index (χ2n) is 2.02. The van der Waals surface area contributed by atoms with Gasteiger partial charge in [-0.05, 0) is 12.1 Å². The first-order chi connectivity index (χ1) is 4.58. The van der Waals surface area contributed by atoms with Gasteiger partial charge < -0.3 is 14.8 Å². The summed E-state index contributed by atoms with van der Waals surface area (Å²) in [5, 5.41) is 0. The Labute approximate surface area is 58.1 Å². The molecule has 56 valence electrons. The van der Waals surface area contributed by atoms with Gasteiger partial charge in [-0.3, -0.25) is 4.57 Å². The van der Waals surface area contributed by atoms with Gasteiger partial charge in [0.05, 0.1) is 6.16 Å². The molecule has 1 heterocycles. The molecule has 0 aromatic carbocycles. The van der Waals surface area contributed by atoms with Crippen molar-refractivity contribution in [3.05, 3.63) is 24.0 Å². The van der Waals surface area contributed by atoms with Crippen LogP contribution < -0.4 is 0 Å². The maximum atomic E-state index is 10.4. The van der Waals surface area contributed by atoms with E-state index in [9.17, 15) is 4.57 Å². The molecule has 0 radical (unpaired) electrons. The van der Waals surface area contributed by atoms with Crippen LogP contribution in [0.25, 0.3) is 0 Å². The monoisotopic (exact) mass is 161 g/mol. The summed E-state index contributed by atoms with van der Waals surface area (Å²) >= 11 is 0. The highest BCUT2D eigenvalue weighted by Gasteiger charge is 2.13. The molecular weight excluding hydrogens is 153 g/mol. The van der Waals surface area contributed by atoms with Crippen molar-refractivity contribution in [2.24, 2.45) is 0 Å². The third kappa shape index (κ3) is 2.35. The first kappa shape index (κ1) is 7.54. The lowest BCUT2D eigenvalue weighted by Crippen LogP contribution is -1.85. The predicted octanol–water partition coefficient (Wildman–Crippen LogP) is 0.692. The molecule has 4 nitrogen and oxygen atoms in total. The molecule has 5 heteroatoms. The minimum atomic E-state index is -3.89. The van der Waals surface area contributed by atoms with Crippen molar-refractivity contribution in [3.8, 4) is 0 Å². The standard InChI is InChI=1S/C5H8NO3P/c7-10(8,9)4-5-2-1-3-6-5/h1-3,6H,4H2,(H2,7,8,9). The number of nitrogens with one attached hydrogen (secondary N) is 1. The summed E-state index contributed by atoms with van der Waals surface area (Å²) in [5.74, 6) is 0. The van der Waals surface area contributed by atoms with Crippen molar-refractivity contribution in [2.75, 3.05) is 0 Å². The van der Waals surface area contributed by atoms with E-state index in [0.717, 1.165) is 0 Å². The smallest absolute Gasteiger partial charge is 0.331 e. The van der Waals surface area contributed by atoms with Crippen LogP contribution in [0, 0.1) is 0 Å². The van der Waals surface area contributed by atoms with Crippen molar-refractivity contribution in [2.45, 2.75) is 6.16 Å². The minimum absolute atomic E-state index is 0.208. The second-order valence-corrected chi connectivity index (χ2v) is 3.66. The van der Waals surface area contributed by atoms with Gasteiger partial charge in [0.15, 0.2) is 0 Å². The summed E-state index contributed by atoms with van der Waals surface area (Å²) in [5.41, 5.74) is 0.563. The molecule has 1 rings (SSSR count). The Hall–Kier alpha value is -0.570. The normalized spacial score (nSPS) is 11.8. The molecule has 0 amide bonds. The third-order valence-electron chi connectivity index (χ3n) is 1.04. The van der Waals surface area contributed by atoms with Crippen LogP contribution in [0.15, 0.2) is 18.3 Å². The number of aromatic nitrogens is 1. The average molecular weight is 161 g/mol. The van der Waals surface area contributed by atoms with Crippen LogP contribution in [-0.2, 0) is 10.7 Å². The summed E-state index contributed by atoms with van der Waals surface area (Å²) in [6, 6.07) is 3.34. The van der Waals surface area contributed by atoms with E-state index in [1.54, 1.807) is 18.3 Å². The lowest BCUT2D eigenvalue weighted by Gasteiger charge is -1.99. The van der Waals surface area contributed by atoms with Gasteiger partial charge in [-0.1, -0.05) is 0 Å². The third-order valence-corrected chi connectivity index (χ3v) is 1.79. The Morgan fingerprint density at radius 2 is 2.30 bits per heavy atom. The molecule has 1 aromatic rings. The minimum Gasteiger partial charge on any atom is -0.364 e. The lowest BCUT2D eigenvalue weighted by atomic mass is 10.5. The fourth-order valence-electron chi connectivity index (χ4n) is 0.688. The van der Waals surface area contributed by atoms with Gasteiger partial charge in [0.1, 0.15) is 0 Å². The fraction of sp³-hybridized carbons (Fsp3) is 0.200. The molecule has 0 spiro atoms. The highest BCUT2D eigenvalue weighted by molar-refractivity contribution is 7.50. The number of hydrogen-bond donors (Lipinski definition) is 3. The van der Waals surface area contributed by atoms with Crippen molar-refractivity contribution >= 4 is 7.60 Å². The van der Waals surface area contributed by atoms with Gasteiger partial charge in [-0.2, -0.15) is 0 Å². The topological polar surface area (TPSA) is 73.3 Å². The van der Waals surface area contributed by atoms with Gasteiger partial charge >= 0.3 is 7.60 Å². The second kappa shape index (κ2) is 2.58. The van der Waals surface area contributed by atoms with Gasteiger partial charge in [0.2, 0.25) is 0 Å². The first-order valence-corrected chi connectivity index (χ1v) is 4.54. The molecule has 1 aromatic heterocycles. The maximum absolute atomic E-state index is 10.4. The van der Waals surface area contributed by atoms with E-state index in [0.29, 0.717) is 5.69 Å². The van der Waals surface area contributed by atoms with Crippen LogP contribution in [0.5, 0.6) is 0 Å². The highest BCUT2D eigenvalue weighted by atomic mass is 31.2. The summed E-state index contributed by atoms with van der Waals surface area (Å²) in [4.78, 5) is 19.7. The van der Waals surface area contributed by atoms with Crippen LogP contribution in [0.1, 0.15) is 5.69 Å². The summed E-state index contributed by atoms with van der Waals surface area (Å²) < 4.78 is 10.4. The highest BCUT2D eigenvalue weighted by Crippen LogP contribution is 2.38. The van der Waals surface area contributed by atoms with E-state index in [2.05, 4.69) is 4.98 Å².